The van der Waals surface area contributed by atoms with E-state index in [4.69, 9.17) is 4.74 Å². The molecule has 1 unspecified atom stereocenters. The molecule has 1 atom stereocenters. The predicted octanol–water partition coefficient (Wildman–Crippen LogP) is 4.67. The zero-order valence-corrected chi connectivity index (χ0v) is 18.0. The minimum atomic E-state index is -0.351. The number of hydrogen-bond acceptors (Lipinski definition) is 8. The highest BCUT2D eigenvalue weighted by Crippen LogP contribution is 2.30. The molecule has 0 aliphatic rings. The molecular weight excluding hydrogens is 418 g/mol. The smallest absolute Gasteiger partial charge is 0.239 e. The molecule has 9 heteroatoms. The molecule has 2 aromatic carbocycles. The maximum atomic E-state index is 12.8. The average Bonchev–Trinajstić information content (AvgIpc) is 3.19. The second-order valence-electron chi connectivity index (χ2n) is 6.35. The second-order valence-corrected chi connectivity index (χ2v) is 8.55. The van der Waals surface area contributed by atoms with E-state index in [1.165, 1.54) is 23.1 Å². The highest BCUT2D eigenvalue weighted by atomic mass is 32.2. The topological polar surface area (TPSA) is 89.9 Å². The Balaban J connectivity index is 1.44. The number of carbonyl (C=O) groups is 1. The lowest BCUT2D eigenvalue weighted by atomic mass is 10.2. The molecule has 2 aromatic heterocycles. The van der Waals surface area contributed by atoms with E-state index in [9.17, 15) is 4.79 Å². The highest BCUT2D eigenvalue weighted by Gasteiger charge is 2.21. The summed E-state index contributed by atoms with van der Waals surface area (Å²) in [4.78, 5) is 21.6. The van der Waals surface area contributed by atoms with Gasteiger partial charge in [-0.3, -0.25) is 4.79 Å². The average molecular weight is 438 g/mol. The minimum absolute atomic E-state index is 0.135. The number of thiazole rings is 1. The number of benzene rings is 2. The van der Waals surface area contributed by atoms with Gasteiger partial charge in [0.25, 0.3) is 0 Å². The maximum absolute atomic E-state index is 12.8. The number of amides is 1. The first-order chi connectivity index (χ1) is 14.7. The van der Waals surface area contributed by atoms with E-state index in [0.29, 0.717) is 22.4 Å². The molecule has 0 spiro atoms. The number of aromatic nitrogens is 4. The third-order valence-corrected chi connectivity index (χ3v) is 6.51. The van der Waals surface area contributed by atoms with Crippen molar-refractivity contribution in [3.8, 4) is 17.0 Å². The molecule has 0 saturated carbocycles. The Morgan fingerprint density at radius 2 is 2.03 bits per heavy atom. The molecule has 0 aliphatic heterocycles. The summed E-state index contributed by atoms with van der Waals surface area (Å²) in [5.74, 6) is 0.624. The molecule has 4 rings (SSSR count). The molecule has 30 heavy (non-hydrogen) atoms. The van der Waals surface area contributed by atoms with Crippen LogP contribution in [0.5, 0.6) is 5.75 Å². The highest BCUT2D eigenvalue weighted by molar-refractivity contribution is 8.00. The van der Waals surface area contributed by atoms with E-state index in [-0.39, 0.29) is 11.2 Å². The molecule has 0 saturated heterocycles. The lowest BCUT2D eigenvalue weighted by molar-refractivity contribution is -0.115. The molecule has 1 N–H and O–H groups in total. The van der Waals surface area contributed by atoms with Crippen LogP contribution in [0, 0.1) is 0 Å². The van der Waals surface area contributed by atoms with Crippen molar-refractivity contribution in [2.45, 2.75) is 23.8 Å². The molecule has 0 radical (unpaired) electrons. The van der Waals surface area contributed by atoms with E-state index in [1.807, 2.05) is 55.5 Å². The summed E-state index contributed by atoms with van der Waals surface area (Å²) in [6.07, 6.45) is 2.30. The fourth-order valence-corrected chi connectivity index (χ4v) is 4.47. The van der Waals surface area contributed by atoms with Crippen molar-refractivity contribution >= 4 is 44.4 Å². The number of methoxy groups -OCH3 is 1. The van der Waals surface area contributed by atoms with Crippen LogP contribution in [0.25, 0.3) is 21.5 Å². The molecule has 0 aliphatic carbocycles. The number of carbonyl (C=O) groups excluding carboxylic acids is 1. The largest absolute Gasteiger partial charge is 0.497 e. The van der Waals surface area contributed by atoms with Gasteiger partial charge >= 0.3 is 0 Å². The van der Waals surface area contributed by atoms with Crippen LogP contribution in [-0.4, -0.2) is 38.4 Å². The summed E-state index contributed by atoms with van der Waals surface area (Å²) in [5, 5.41) is 12.0. The van der Waals surface area contributed by atoms with Crippen LogP contribution in [0.4, 0.5) is 5.13 Å². The number of thioether (sulfide) groups is 1. The van der Waals surface area contributed by atoms with E-state index in [1.54, 1.807) is 13.3 Å². The van der Waals surface area contributed by atoms with Gasteiger partial charge in [0.15, 0.2) is 5.13 Å². The van der Waals surface area contributed by atoms with Gasteiger partial charge < -0.3 is 10.1 Å². The molecule has 4 aromatic rings. The van der Waals surface area contributed by atoms with Gasteiger partial charge in [-0.05, 0) is 24.6 Å². The Kier molecular flexibility index (Phi) is 6.20. The lowest BCUT2D eigenvalue weighted by Crippen LogP contribution is -2.24. The Bertz CT molecular complexity index is 1150. The molecule has 152 valence electrons. The molecule has 0 bridgehead atoms. The van der Waals surface area contributed by atoms with Gasteiger partial charge in [-0.25, -0.2) is 9.97 Å². The van der Waals surface area contributed by atoms with Crippen molar-refractivity contribution in [3.05, 3.63) is 54.7 Å². The number of nitrogens with one attached hydrogen (secondary N) is 1. The molecule has 0 fully saturated rings. The number of fused-ring (bicyclic) bond motifs is 1. The van der Waals surface area contributed by atoms with Gasteiger partial charge in [0.2, 0.25) is 11.1 Å². The summed E-state index contributed by atoms with van der Waals surface area (Å²) >= 11 is 2.71. The van der Waals surface area contributed by atoms with Crippen LogP contribution < -0.4 is 10.1 Å². The van der Waals surface area contributed by atoms with Crippen LogP contribution in [0.15, 0.2) is 59.9 Å². The fourth-order valence-electron chi connectivity index (χ4n) is 2.78. The quantitative estimate of drug-likeness (QED) is 0.420. The Morgan fingerprint density at radius 1 is 1.20 bits per heavy atom. The number of ether oxygens (including phenoxy) is 1. The van der Waals surface area contributed by atoms with Crippen LogP contribution in [0.3, 0.4) is 0 Å². The van der Waals surface area contributed by atoms with Crippen LogP contribution in [-0.2, 0) is 4.79 Å². The van der Waals surface area contributed by atoms with E-state index < -0.39 is 0 Å². The van der Waals surface area contributed by atoms with Gasteiger partial charge in [0, 0.05) is 5.56 Å². The normalized spacial score (nSPS) is 11.9. The van der Waals surface area contributed by atoms with Crippen LogP contribution >= 0.6 is 23.1 Å². The van der Waals surface area contributed by atoms with E-state index in [0.717, 1.165) is 21.5 Å². The summed E-state index contributed by atoms with van der Waals surface area (Å²) in [5.41, 5.74) is 2.47. The summed E-state index contributed by atoms with van der Waals surface area (Å²) in [7, 11) is 1.62. The van der Waals surface area contributed by atoms with Gasteiger partial charge in [-0.15, -0.1) is 10.2 Å². The van der Waals surface area contributed by atoms with Gasteiger partial charge in [0.05, 0.1) is 28.8 Å². The lowest BCUT2D eigenvalue weighted by Gasteiger charge is -2.12. The summed E-state index contributed by atoms with van der Waals surface area (Å²) in [6.45, 7) is 1.95. The van der Waals surface area contributed by atoms with Crippen LogP contribution in [0.1, 0.15) is 13.3 Å². The van der Waals surface area contributed by atoms with Crippen molar-refractivity contribution in [1.82, 2.24) is 20.2 Å². The molecular formula is C21H19N5O2S2. The third-order valence-electron chi connectivity index (χ3n) is 4.35. The first kappa shape index (κ1) is 20.2. The van der Waals surface area contributed by atoms with Crippen molar-refractivity contribution in [2.75, 3.05) is 12.4 Å². The Hall–Kier alpha value is -3.04. The molecule has 1 amide bonds. The van der Waals surface area contributed by atoms with Gasteiger partial charge in [-0.2, -0.15) is 0 Å². The molecule has 7 nitrogen and oxygen atoms in total. The van der Waals surface area contributed by atoms with E-state index in [2.05, 4.69) is 25.5 Å². The SMILES string of the molecule is CCC(Sc1ncc(-c2ccccc2)nn1)C(=O)Nc1nc2ccc(OC)cc2s1. The Labute approximate surface area is 181 Å². The fraction of sp³-hybridized carbons (Fsp3) is 0.190. The monoisotopic (exact) mass is 437 g/mol. The summed E-state index contributed by atoms with van der Waals surface area (Å²) < 4.78 is 6.19. The standard InChI is InChI=1S/C21H19N5O2S2/c1-3-17(29-20-22-12-16(25-26-20)13-7-5-4-6-8-13)19(27)24-21-23-15-10-9-14(28-2)11-18(15)30-21/h4-12,17H,3H2,1-2H3,(H,23,24,27). The third kappa shape index (κ3) is 4.58. The number of nitrogens with zero attached hydrogens (tertiary/aromatic N) is 4. The Morgan fingerprint density at radius 3 is 2.73 bits per heavy atom. The number of anilines is 1. The second kappa shape index (κ2) is 9.19. The minimum Gasteiger partial charge on any atom is -0.497 e. The number of rotatable bonds is 7. The first-order valence-corrected chi connectivity index (χ1v) is 11.0. The number of hydrogen-bond donors (Lipinski definition) is 1. The van der Waals surface area contributed by atoms with Crippen LogP contribution in [0.2, 0.25) is 0 Å². The first-order valence-electron chi connectivity index (χ1n) is 9.33. The van der Waals surface area contributed by atoms with Crippen molar-refractivity contribution < 1.29 is 9.53 Å². The van der Waals surface area contributed by atoms with Crippen molar-refractivity contribution in [3.63, 3.8) is 0 Å². The maximum Gasteiger partial charge on any atom is 0.239 e. The van der Waals surface area contributed by atoms with E-state index >= 15 is 0 Å². The van der Waals surface area contributed by atoms with Gasteiger partial charge in [0.1, 0.15) is 11.4 Å². The van der Waals surface area contributed by atoms with Gasteiger partial charge in [-0.1, -0.05) is 60.4 Å². The van der Waals surface area contributed by atoms with Crippen molar-refractivity contribution in [1.29, 1.82) is 0 Å². The van der Waals surface area contributed by atoms with Crippen molar-refractivity contribution in [2.24, 2.45) is 0 Å². The zero-order valence-electron chi connectivity index (χ0n) is 16.4. The predicted molar refractivity (Wildman–Crippen MR) is 120 cm³/mol. The molecule has 2 heterocycles. The summed E-state index contributed by atoms with van der Waals surface area (Å²) in [6, 6.07) is 15.4. The zero-order chi connectivity index (χ0) is 20.9.